The molecule has 0 spiro atoms. The maximum atomic E-state index is 11.2. The van der Waals surface area contributed by atoms with Crippen molar-refractivity contribution in [3.05, 3.63) is 41.7 Å². The van der Waals surface area contributed by atoms with Gasteiger partial charge in [-0.15, -0.1) is 0 Å². The molecule has 18 heavy (non-hydrogen) atoms. The van der Waals surface area contributed by atoms with Crippen LogP contribution in [-0.2, 0) is 0 Å². The minimum atomic E-state index is -0.522. The van der Waals surface area contributed by atoms with Crippen LogP contribution in [0.3, 0.4) is 0 Å². The molecule has 1 heterocycles. The standard InChI is InChI=1S/C11H7N3O2.2Na/c12-5-3-10(15)8-1-2-9(14-7-8)11(16)4-6-13;;/h1-4,7,15-16H;;/q;2*+1/p-2/b10-3-,11-4-;;. The van der Waals surface area contributed by atoms with Gasteiger partial charge in [-0.3, -0.25) is 4.98 Å². The second-order valence-electron chi connectivity index (χ2n) is 2.71. The van der Waals surface area contributed by atoms with E-state index in [2.05, 4.69) is 4.98 Å². The molecule has 0 N–H and O–H groups in total. The third-order valence-corrected chi connectivity index (χ3v) is 1.69. The van der Waals surface area contributed by atoms with Crippen LogP contribution in [0.1, 0.15) is 11.3 Å². The molecule has 1 aromatic heterocycles. The molecule has 0 amide bonds. The Hall–Kier alpha value is -0.790. The molecule has 7 heteroatoms. The number of nitriles is 2. The van der Waals surface area contributed by atoms with Gasteiger partial charge in [0.25, 0.3) is 0 Å². The van der Waals surface area contributed by atoms with E-state index in [0.29, 0.717) is 0 Å². The number of pyridine rings is 1. The smallest absolute Gasteiger partial charge is 0.872 e. The summed E-state index contributed by atoms with van der Waals surface area (Å²) in [6.07, 6.45) is 2.86. The fourth-order valence-corrected chi connectivity index (χ4v) is 0.960. The fourth-order valence-electron chi connectivity index (χ4n) is 0.960. The van der Waals surface area contributed by atoms with Crippen LogP contribution in [0, 0.1) is 22.7 Å². The normalized spacial score (nSPS) is 10.3. The van der Waals surface area contributed by atoms with Crippen molar-refractivity contribution < 1.29 is 69.3 Å². The number of hydrogen-bond donors (Lipinski definition) is 0. The van der Waals surface area contributed by atoms with Gasteiger partial charge < -0.3 is 10.2 Å². The van der Waals surface area contributed by atoms with Crippen LogP contribution in [0.25, 0.3) is 11.5 Å². The van der Waals surface area contributed by atoms with E-state index in [1.165, 1.54) is 18.3 Å². The molecule has 0 bridgehead atoms. The Labute approximate surface area is 149 Å². The van der Waals surface area contributed by atoms with E-state index in [0.717, 1.165) is 12.2 Å². The molecule has 0 aliphatic carbocycles. The third-order valence-electron chi connectivity index (χ3n) is 1.69. The van der Waals surface area contributed by atoms with Gasteiger partial charge >= 0.3 is 59.1 Å². The molecule has 1 aromatic rings. The molecule has 78 valence electrons. The molecular weight excluding hydrogens is 252 g/mol. The Balaban J connectivity index is 0. The van der Waals surface area contributed by atoms with E-state index in [9.17, 15) is 10.2 Å². The van der Waals surface area contributed by atoms with E-state index >= 15 is 0 Å². The summed E-state index contributed by atoms with van der Waals surface area (Å²) in [6.45, 7) is 0. The van der Waals surface area contributed by atoms with E-state index in [-0.39, 0.29) is 70.4 Å². The van der Waals surface area contributed by atoms with Gasteiger partial charge in [-0.25, -0.2) is 0 Å². The van der Waals surface area contributed by atoms with Gasteiger partial charge in [-0.2, -0.15) is 10.5 Å². The summed E-state index contributed by atoms with van der Waals surface area (Å²) < 4.78 is 0. The van der Waals surface area contributed by atoms with E-state index in [1.807, 2.05) is 0 Å². The molecule has 0 unspecified atom stereocenters. The molecule has 0 saturated heterocycles. The summed E-state index contributed by atoms with van der Waals surface area (Å²) in [4.78, 5) is 3.72. The summed E-state index contributed by atoms with van der Waals surface area (Å²) in [6, 6.07) is 5.90. The molecule has 0 aliphatic rings. The summed E-state index contributed by atoms with van der Waals surface area (Å²) in [7, 11) is 0. The Morgan fingerprint density at radius 3 is 2.06 bits per heavy atom. The monoisotopic (exact) mass is 257 g/mol. The van der Waals surface area contributed by atoms with Crippen molar-refractivity contribution >= 4 is 11.5 Å². The molecule has 0 radical (unpaired) electrons. The Morgan fingerprint density at radius 2 is 1.61 bits per heavy atom. The van der Waals surface area contributed by atoms with Gasteiger partial charge in [-0.05, 0) is 11.6 Å². The summed E-state index contributed by atoms with van der Waals surface area (Å²) in [5.41, 5.74) is 0.296. The largest absolute Gasteiger partial charge is 1.00 e. The Bertz CT molecular complexity index is 476. The number of nitrogens with zero attached hydrogens (tertiary/aromatic N) is 3. The van der Waals surface area contributed by atoms with E-state index in [4.69, 9.17) is 10.5 Å². The van der Waals surface area contributed by atoms with Crippen molar-refractivity contribution in [2.45, 2.75) is 0 Å². The molecule has 0 aliphatic heterocycles. The van der Waals surface area contributed by atoms with E-state index in [1.54, 1.807) is 12.1 Å². The zero-order chi connectivity index (χ0) is 12.0. The molecule has 1 rings (SSSR count). The predicted molar refractivity (Wildman–Crippen MR) is 51.4 cm³/mol. The fraction of sp³-hybridized carbons (Fsp3) is 0. The number of aromatic nitrogens is 1. The SMILES string of the molecule is N#C/C=C(\[O-])c1ccc(/C([O-])=C/C#N)nc1.[Na+].[Na+]. The van der Waals surface area contributed by atoms with Gasteiger partial charge in [0.2, 0.25) is 0 Å². The minimum Gasteiger partial charge on any atom is -0.872 e. The molecule has 0 fully saturated rings. The van der Waals surface area contributed by atoms with Crippen LogP contribution in [0.2, 0.25) is 0 Å². The Kier molecular flexibility index (Phi) is 11.0. The quantitative estimate of drug-likeness (QED) is 0.297. The van der Waals surface area contributed by atoms with Gasteiger partial charge in [-0.1, -0.05) is 17.6 Å². The van der Waals surface area contributed by atoms with E-state index < -0.39 is 11.5 Å². The van der Waals surface area contributed by atoms with Crippen LogP contribution in [-0.4, -0.2) is 4.98 Å². The molecule has 5 nitrogen and oxygen atoms in total. The minimum absolute atomic E-state index is 0. The number of hydrogen-bond acceptors (Lipinski definition) is 5. The summed E-state index contributed by atoms with van der Waals surface area (Å²) in [5.74, 6) is -0.996. The van der Waals surface area contributed by atoms with Crippen LogP contribution in [0.4, 0.5) is 0 Å². The molecule has 0 atom stereocenters. The number of allylic oxidation sites excluding steroid dienone is 2. The van der Waals surface area contributed by atoms with Crippen molar-refractivity contribution in [1.29, 1.82) is 10.5 Å². The van der Waals surface area contributed by atoms with Crippen LogP contribution >= 0.6 is 0 Å². The topological polar surface area (TPSA) is 107 Å². The molecule has 0 saturated carbocycles. The number of rotatable bonds is 2. The first-order valence-electron chi connectivity index (χ1n) is 4.19. The van der Waals surface area contributed by atoms with Crippen molar-refractivity contribution in [3.63, 3.8) is 0 Å². The van der Waals surface area contributed by atoms with Crippen molar-refractivity contribution in [2.75, 3.05) is 0 Å². The first kappa shape index (κ1) is 19.5. The second-order valence-corrected chi connectivity index (χ2v) is 2.71. The first-order valence-corrected chi connectivity index (χ1v) is 4.19. The summed E-state index contributed by atoms with van der Waals surface area (Å²) in [5, 5.41) is 38.9. The van der Waals surface area contributed by atoms with Gasteiger partial charge in [0.1, 0.15) is 0 Å². The third kappa shape index (κ3) is 5.70. The van der Waals surface area contributed by atoms with Gasteiger partial charge in [0.15, 0.2) is 0 Å². The van der Waals surface area contributed by atoms with Crippen LogP contribution in [0.5, 0.6) is 0 Å². The average molecular weight is 257 g/mol. The van der Waals surface area contributed by atoms with Gasteiger partial charge in [0, 0.05) is 18.3 Å². The molecule has 0 aromatic carbocycles. The zero-order valence-electron chi connectivity index (χ0n) is 10.0. The molecular formula is C11H5N3Na2O2. The van der Waals surface area contributed by atoms with Crippen molar-refractivity contribution in [3.8, 4) is 12.1 Å². The van der Waals surface area contributed by atoms with Crippen molar-refractivity contribution in [2.24, 2.45) is 0 Å². The average Bonchev–Trinajstić information content (AvgIpc) is 2.30. The second kappa shape index (κ2) is 10.2. The van der Waals surface area contributed by atoms with Crippen molar-refractivity contribution in [1.82, 2.24) is 4.98 Å². The summed E-state index contributed by atoms with van der Waals surface area (Å²) >= 11 is 0. The first-order chi connectivity index (χ1) is 7.69. The van der Waals surface area contributed by atoms with Crippen LogP contribution < -0.4 is 69.3 Å². The Morgan fingerprint density at radius 1 is 1.06 bits per heavy atom. The maximum Gasteiger partial charge on any atom is 1.00 e. The maximum absolute atomic E-state index is 11.2. The zero-order valence-corrected chi connectivity index (χ0v) is 14.0. The van der Waals surface area contributed by atoms with Crippen LogP contribution in [0.15, 0.2) is 30.5 Å². The van der Waals surface area contributed by atoms with Gasteiger partial charge in [0.05, 0.1) is 17.8 Å². The predicted octanol–water partition coefficient (Wildman–Crippen LogP) is -6.46.